The average molecular weight is 193 g/mol. The molecule has 0 saturated heterocycles. The Balaban J connectivity index is 3.13. The molecular formula is C11H19N3. The van der Waals surface area contributed by atoms with Crippen molar-refractivity contribution < 1.29 is 0 Å². The number of aromatic nitrogens is 2. The van der Waals surface area contributed by atoms with Gasteiger partial charge in [0.2, 0.25) is 0 Å². The van der Waals surface area contributed by atoms with Gasteiger partial charge in [-0.1, -0.05) is 13.8 Å². The van der Waals surface area contributed by atoms with Crippen LogP contribution in [0.25, 0.3) is 0 Å². The van der Waals surface area contributed by atoms with Crippen LogP contribution in [-0.4, -0.2) is 9.97 Å². The highest BCUT2D eigenvalue weighted by molar-refractivity contribution is 5.24. The SMILES string of the molecule is CCC(C)c1nc(C)c(CN)c(C)n1. The number of aryl methyl sites for hydroxylation is 2. The van der Waals surface area contributed by atoms with Crippen molar-refractivity contribution in [3.8, 4) is 0 Å². The van der Waals surface area contributed by atoms with Crippen molar-refractivity contribution in [2.45, 2.75) is 46.6 Å². The molecule has 0 aliphatic carbocycles. The number of rotatable bonds is 3. The lowest BCUT2D eigenvalue weighted by Gasteiger charge is -2.12. The summed E-state index contributed by atoms with van der Waals surface area (Å²) in [6.45, 7) is 8.83. The Morgan fingerprint density at radius 1 is 1.21 bits per heavy atom. The molecule has 0 aromatic carbocycles. The maximum atomic E-state index is 5.63. The van der Waals surface area contributed by atoms with Gasteiger partial charge in [0.1, 0.15) is 5.82 Å². The third kappa shape index (κ3) is 2.10. The molecule has 0 aliphatic rings. The van der Waals surface area contributed by atoms with Gasteiger partial charge >= 0.3 is 0 Å². The van der Waals surface area contributed by atoms with Gasteiger partial charge in [0, 0.05) is 29.4 Å². The summed E-state index contributed by atoms with van der Waals surface area (Å²) in [5.74, 6) is 1.37. The first kappa shape index (κ1) is 11.1. The number of hydrogen-bond donors (Lipinski definition) is 1. The summed E-state index contributed by atoms with van der Waals surface area (Å²) in [4.78, 5) is 8.97. The molecule has 78 valence electrons. The second kappa shape index (κ2) is 4.51. The lowest BCUT2D eigenvalue weighted by atomic mass is 10.1. The third-order valence-corrected chi connectivity index (χ3v) is 2.70. The van der Waals surface area contributed by atoms with Crippen LogP contribution in [0.1, 0.15) is 49.0 Å². The largest absolute Gasteiger partial charge is 0.326 e. The van der Waals surface area contributed by atoms with Gasteiger partial charge in [-0.15, -0.1) is 0 Å². The molecule has 0 amide bonds. The van der Waals surface area contributed by atoms with Crippen molar-refractivity contribution in [3.63, 3.8) is 0 Å². The molecule has 0 aliphatic heterocycles. The van der Waals surface area contributed by atoms with Gasteiger partial charge in [0.05, 0.1) is 0 Å². The minimum atomic E-state index is 0.430. The molecule has 1 aromatic heterocycles. The summed E-state index contributed by atoms with van der Waals surface area (Å²) in [6.07, 6.45) is 1.07. The minimum Gasteiger partial charge on any atom is -0.326 e. The zero-order valence-electron chi connectivity index (χ0n) is 9.46. The second-order valence-electron chi connectivity index (χ2n) is 3.74. The van der Waals surface area contributed by atoms with Gasteiger partial charge in [-0.25, -0.2) is 9.97 Å². The van der Waals surface area contributed by atoms with Crippen LogP contribution >= 0.6 is 0 Å². The summed E-state index contributed by atoms with van der Waals surface area (Å²) in [7, 11) is 0. The summed E-state index contributed by atoms with van der Waals surface area (Å²) in [5.41, 5.74) is 8.76. The van der Waals surface area contributed by atoms with E-state index in [-0.39, 0.29) is 0 Å². The van der Waals surface area contributed by atoms with Gasteiger partial charge in [-0.05, 0) is 20.3 Å². The molecule has 3 heteroatoms. The third-order valence-electron chi connectivity index (χ3n) is 2.70. The monoisotopic (exact) mass is 193 g/mol. The van der Waals surface area contributed by atoms with E-state index in [0.29, 0.717) is 12.5 Å². The molecule has 0 fully saturated rings. The average Bonchev–Trinajstić information content (AvgIpc) is 2.16. The molecule has 0 radical (unpaired) electrons. The Labute approximate surface area is 85.8 Å². The zero-order valence-corrected chi connectivity index (χ0v) is 9.46. The summed E-state index contributed by atoms with van der Waals surface area (Å²) >= 11 is 0. The van der Waals surface area contributed by atoms with E-state index < -0.39 is 0 Å². The number of hydrogen-bond acceptors (Lipinski definition) is 3. The quantitative estimate of drug-likeness (QED) is 0.799. The van der Waals surface area contributed by atoms with Crippen LogP contribution < -0.4 is 5.73 Å². The van der Waals surface area contributed by atoms with Crippen molar-refractivity contribution in [1.29, 1.82) is 0 Å². The van der Waals surface area contributed by atoms with Crippen molar-refractivity contribution in [3.05, 3.63) is 22.8 Å². The number of nitrogens with zero attached hydrogens (tertiary/aromatic N) is 2. The van der Waals surface area contributed by atoms with Crippen LogP contribution in [0.5, 0.6) is 0 Å². The molecule has 1 rings (SSSR count). The Morgan fingerprint density at radius 2 is 1.71 bits per heavy atom. The van der Waals surface area contributed by atoms with Crippen molar-refractivity contribution >= 4 is 0 Å². The Hall–Kier alpha value is -0.960. The first-order valence-electron chi connectivity index (χ1n) is 5.14. The Kier molecular flexibility index (Phi) is 3.58. The lowest BCUT2D eigenvalue weighted by Crippen LogP contribution is -2.10. The second-order valence-corrected chi connectivity index (χ2v) is 3.74. The molecule has 2 N–H and O–H groups in total. The molecule has 1 aromatic rings. The number of nitrogens with two attached hydrogens (primary N) is 1. The van der Waals surface area contributed by atoms with E-state index in [0.717, 1.165) is 29.2 Å². The van der Waals surface area contributed by atoms with Crippen LogP contribution in [0, 0.1) is 13.8 Å². The molecule has 1 unspecified atom stereocenters. The molecular weight excluding hydrogens is 174 g/mol. The maximum absolute atomic E-state index is 5.63. The fourth-order valence-corrected chi connectivity index (χ4v) is 1.46. The van der Waals surface area contributed by atoms with Crippen molar-refractivity contribution in [1.82, 2.24) is 9.97 Å². The molecule has 0 bridgehead atoms. The molecule has 1 heterocycles. The Morgan fingerprint density at radius 3 is 2.07 bits per heavy atom. The van der Waals surface area contributed by atoms with E-state index in [1.54, 1.807) is 0 Å². The zero-order chi connectivity index (χ0) is 10.7. The van der Waals surface area contributed by atoms with E-state index >= 15 is 0 Å². The smallest absolute Gasteiger partial charge is 0.131 e. The van der Waals surface area contributed by atoms with Crippen molar-refractivity contribution in [2.24, 2.45) is 5.73 Å². The van der Waals surface area contributed by atoms with E-state index in [1.165, 1.54) is 0 Å². The van der Waals surface area contributed by atoms with E-state index in [4.69, 9.17) is 5.73 Å². The van der Waals surface area contributed by atoms with E-state index in [2.05, 4.69) is 23.8 Å². The predicted molar refractivity (Wildman–Crippen MR) is 58.1 cm³/mol. The first-order valence-corrected chi connectivity index (χ1v) is 5.14. The van der Waals surface area contributed by atoms with Crippen LogP contribution in [0.2, 0.25) is 0 Å². The minimum absolute atomic E-state index is 0.430. The Bertz CT molecular complexity index is 297. The standard InChI is InChI=1S/C11H19N3/c1-5-7(2)11-13-8(3)10(6-12)9(4)14-11/h7H,5-6,12H2,1-4H3. The molecule has 0 saturated carbocycles. The van der Waals surface area contributed by atoms with Gasteiger partial charge < -0.3 is 5.73 Å². The van der Waals surface area contributed by atoms with Gasteiger partial charge in [-0.3, -0.25) is 0 Å². The predicted octanol–water partition coefficient (Wildman–Crippen LogP) is 2.07. The summed E-state index contributed by atoms with van der Waals surface area (Å²) < 4.78 is 0. The maximum Gasteiger partial charge on any atom is 0.131 e. The van der Waals surface area contributed by atoms with Crippen LogP contribution in [-0.2, 0) is 6.54 Å². The van der Waals surface area contributed by atoms with Gasteiger partial charge in [0.25, 0.3) is 0 Å². The molecule has 1 atom stereocenters. The lowest BCUT2D eigenvalue weighted by molar-refractivity contribution is 0.665. The normalized spacial score (nSPS) is 12.9. The van der Waals surface area contributed by atoms with Crippen LogP contribution in [0.15, 0.2) is 0 Å². The topological polar surface area (TPSA) is 51.8 Å². The molecule has 14 heavy (non-hydrogen) atoms. The fraction of sp³-hybridized carbons (Fsp3) is 0.636. The van der Waals surface area contributed by atoms with E-state index in [1.807, 2.05) is 13.8 Å². The highest BCUT2D eigenvalue weighted by atomic mass is 14.9. The molecule has 0 spiro atoms. The summed E-state index contributed by atoms with van der Waals surface area (Å²) in [6, 6.07) is 0. The van der Waals surface area contributed by atoms with E-state index in [9.17, 15) is 0 Å². The summed E-state index contributed by atoms with van der Waals surface area (Å²) in [5, 5.41) is 0. The van der Waals surface area contributed by atoms with Gasteiger partial charge in [0.15, 0.2) is 0 Å². The highest BCUT2D eigenvalue weighted by Gasteiger charge is 2.10. The van der Waals surface area contributed by atoms with Crippen LogP contribution in [0.3, 0.4) is 0 Å². The van der Waals surface area contributed by atoms with Crippen molar-refractivity contribution in [2.75, 3.05) is 0 Å². The fourth-order valence-electron chi connectivity index (χ4n) is 1.46. The molecule has 3 nitrogen and oxygen atoms in total. The van der Waals surface area contributed by atoms with Gasteiger partial charge in [-0.2, -0.15) is 0 Å². The first-order chi connectivity index (χ1) is 6.60. The highest BCUT2D eigenvalue weighted by Crippen LogP contribution is 2.17. The van der Waals surface area contributed by atoms with Crippen LogP contribution in [0.4, 0.5) is 0 Å².